The van der Waals surface area contributed by atoms with Crippen LogP contribution in [0.1, 0.15) is 0 Å². The highest BCUT2D eigenvalue weighted by Crippen LogP contribution is 2.24. The fourth-order valence-corrected chi connectivity index (χ4v) is 1.90. The van der Waals surface area contributed by atoms with Gasteiger partial charge in [-0.15, -0.1) is 0 Å². The molecule has 18 heavy (non-hydrogen) atoms. The Bertz CT molecular complexity index is 533. The zero-order chi connectivity index (χ0) is 13.0. The molecule has 0 bridgehead atoms. The number of benzene rings is 2. The number of carbonyl (C=O) groups excluding carboxylic acids is 1. The van der Waals surface area contributed by atoms with E-state index in [0.717, 1.165) is 15.6 Å². The number of ether oxygens (including phenoxy) is 1. The molecule has 0 amide bonds. The van der Waals surface area contributed by atoms with Crippen LogP contribution in [0.15, 0.2) is 53.0 Å². The number of rotatable bonds is 3. The molecule has 0 unspecified atom stereocenters. The molecule has 0 atom stereocenters. The second-order valence-electron chi connectivity index (χ2n) is 3.64. The van der Waals surface area contributed by atoms with Gasteiger partial charge in [-0.1, -0.05) is 56.1 Å². The third kappa shape index (κ3) is 3.43. The quantitative estimate of drug-likeness (QED) is 0.455. The number of esters is 1. The van der Waals surface area contributed by atoms with Crippen molar-refractivity contribution in [3.63, 3.8) is 0 Å². The lowest BCUT2D eigenvalue weighted by atomic mass is 10.1. The highest BCUT2D eigenvalue weighted by Gasteiger charge is 2.03. The standard InChI is InChI=1S/C14H10Br2O2/c15-9-14(17)18-13-7-3-11(4-8-13)10-1-5-12(16)6-2-10/h1-8H,9H2. The van der Waals surface area contributed by atoms with Gasteiger partial charge in [0.25, 0.3) is 0 Å². The van der Waals surface area contributed by atoms with Gasteiger partial charge in [0.05, 0.1) is 0 Å². The number of halogens is 2. The first kappa shape index (κ1) is 13.3. The summed E-state index contributed by atoms with van der Waals surface area (Å²) in [7, 11) is 0. The first-order chi connectivity index (χ1) is 8.69. The van der Waals surface area contributed by atoms with Gasteiger partial charge in [-0.3, -0.25) is 4.79 Å². The van der Waals surface area contributed by atoms with E-state index in [0.29, 0.717) is 5.75 Å². The highest BCUT2D eigenvalue weighted by atomic mass is 79.9. The summed E-state index contributed by atoms with van der Waals surface area (Å²) >= 11 is 6.45. The summed E-state index contributed by atoms with van der Waals surface area (Å²) in [5.74, 6) is 0.256. The SMILES string of the molecule is O=C(CBr)Oc1ccc(-c2ccc(Br)cc2)cc1. The second-order valence-corrected chi connectivity index (χ2v) is 5.12. The zero-order valence-corrected chi connectivity index (χ0v) is 12.6. The lowest BCUT2D eigenvalue weighted by Gasteiger charge is -2.05. The molecule has 2 aromatic rings. The molecule has 0 heterocycles. The van der Waals surface area contributed by atoms with Crippen molar-refractivity contribution in [3.05, 3.63) is 53.0 Å². The summed E-state index contributed by atoms with van der Waals surface area (Å²) in [6.07, 6.45) is 0. The van der Waals surface area contributed by atoms with E-state index in [1.807, 2.05) is 36.4 Å². The van der Waals surface area contributed by atoms with Crippen LogP contribution in [0.2, 0.25) is 0 Å². The van der Waals surface area contributed by atoms with E-state index >= 15 is 0 Å². The Morgan fingerprint density at radius 2 is 1.44 bits per heavy atom. The average molecular weight is 370 g/mol. The fraction of sp³-hybridized carbons (Fsp3) is 0.0714. The van der Waals surface area contributed by atoms with Gasteiger partial charge in [0.1, 0.15) is 11.1 Å². The van der Waals surface area contributed by atoms with E-state index in [2.05, 4.69) is 31.9 Å². The van der Waals surface area contributed by atoms with Crippen LogP contribution in [0.4, 0.5) is 0 Å². The summed E-state index contributed by atoms with van der Waals surface area (Å²) in [4.78, 5) is 11.1. The topological polar surface area (TPSA) is 26.3 Å². The molecule has 0 aliphatic carbocycles. The maximum atomic E-state index is 11.1. The van der Waals surface area contributed by atoms with E-state index < -0.39 is 0 Å². The normalized spacial score (nSPS) is 10.1. The predicted octanol–water partition coefficient (Wildman–Crippen LogP) is 4.42. The van der Waals surface area contributed by atoms with Crippen molar-refractivity contribution in [2.45, 2.75) is 0 Å². The third-order valence-electron chi connectivity index (χ3n) is 2.37. The van der Waals surface area contributed by atoms with Gasteiger partial charge in [-0.2, -0.15) is 0 Å². The second kappa shape index (κ2) is 6.16. The highest BCUT2D eigenvalue weighted by molar-refractivity contribution is 9.10. The van der Waals surface area contributed by atoms with Crippen LogP contribution in [-0.2, 0) is 4.79 Å². The van der Waals surface area contributed by atoms with Crippen molar-refractivity contribution >= 4 is 37.8 Å². The Kier molecular flexibility index (Phi) is 4.55. The predicted molar refractivity (Wildman–Crippen MR) is 79.0 cm³/mol. The lowest BCUT2D eigenvalue weighted by molar-refractivity contribution is -0.131. The molecule has 2 rings (SSSR count). The van der Waals surface area contributed by atoms with Gasteiger partial charge >= 0.3 is 5.97 Å². The molecule has 4 heteroatoms. The summed E-state index contributed by atoms with van der Waals surface area (Å²) in [5, 5.41) is 0.196. The summed E-state index contributed by atoms with van der Waals surface area (Å²) in [6, 6.07) is 15.5. The molecular formula is C14H10Br2O2. The van der Waals surface area contributed by atoms with E-state index in [1.165, 1.54) is 0 Å². The summed E-state index contributed by atoms with van der Waals surface area (Å²) < 4.78 is 6.13. The summed E-state index contributed by atoms with van der Waals surface area (Å²) in [6.45, 7) is 0. The van der Waals surface area contributed by atoms with Crippen LogP contribution in [0.5, 0.6) is 5.75 Å². The maximum absolute atomic E-state index is 11.1. The van der Waals surface area contributed by atoms with E-state index in [4.69, 9.17) is 4.74 Å². The third-order valence-corrected chi connectivity index (χ3v) is 3.36. The number of alkyl halides is 1. The number of hydrogen-bond donors (Lipinski definition) is 0. The van der Waals surface area contributed by atoms with Crippen molar-refractivity contribution < 1.29 is 9.53 Å². The van der Waals surface area contributed by atoms with Crippen molar-refractivity contribution in [2.24, 2.45) is 0 Å². The Morgan fingerprint density at radius 3 is 1.94 bits per heavy atom. The molecule has 0 aliphatic heterocycles. The zero-order valence-electron chi connectivity index (χ0n) is 9.40. The monoisotopic (exact) mass is 368 g/mol. The van der Waals surface area contributed by atoms with Crippen molar-refractivity contribution in [1.29, 1.82) is 0 Å². The molecule has 0 saturated carbocycles. The number of hydrogen-bond acceptors (Lipinski definition) is 2. The van der Waals surface area contributed by atoms with Crippen molar-refractivity contribution in [1.82, 2.24) is 0 Å². The Morgan fingerprint density at radius 1 is 0.944 bits per heavy atom. The van der Waals surface area contributed by atoms with Gasteiger partial charge in [0.2, 0.25) is 0 Å². The van der Waals surface area contributed by atoms with Gasteiger partial charge in [-0.05, 0) is 35.4 Å². The molecule has 0 N–H and O–H groups in total. The molecular weight excluding hydrogens is 360 g/mol. The van der Waals surface area contributed by atoms with E-state index in [9.17, 15) is 4.79 Å². The van der Waals surface area contributed by atoms with Crippen LogP contribution >= 0.6 is 31.9 Å². The fourth-order valence-electron chi connectivity index (χ4n) is 1.52. The minimum Gasteiger partial charge on any atom is -0.426 e. The molecule has 2 aromatic carbocycles. The summed E-state index contributed by atoms with van der Waals surface area (Å²) in [5.41, 5.74) is 2.21. The van der Waals surface area contributed by atoms with Crippen LogP contribution in [0.25, 0.3) is 11.1 Å². The molecule has 2 nitrogen and oxygen atoms in total. The van der Waals surface area contributed by atoms with Crippen LogP contribution in [0.3, 0.4) is 0 Å². The minimum atomic E-state index is -0.300. The smallest absolute Gasteiger partial charge is 0.321 e. The average Bonchev–Trinajstić information content (AvgIpc) is 2.40. The molecule has 0 fully saturated rings. The number of carbonyl (C=O) groups is 1. The van der Waals surface area contributed by atoms with Gasteiger partial charge in [0, 0.05) is 4.47 Å². The Labute approximate surface area is 122 Å². The van der Waals surface area contributed by atoms with Crippen molar-refractivity contribution in [2.75, 3.05) is 5.33 Å². The first-order valence-corrected chi connectivity index (χ1v) is 7.23. The molecule has 0 saturated heterocycles. The Hall–Kier alpha value is -1.13. The first-order valence-electron chi connectivity index (χ1n) is 5.31. The molecule has 0 aliphatic rings. The molecule has 92 valence electrons. The maximum Gasteiger partial charge on any atom is 0.321 e. The Balaban J connectivity index is 2.17. The van der Waals surface area contributed by atoms with Gasteiger partial charge < -0.3 is 4.74 Å². The molecule has 0 aromatic heterocycles. The largest absolute Gasteiger partial charge is 0.426 e. The molecule has 0 spiro atoms. The minimum absolute atomic E-state index is 0.196. The van der Waals surface area contributed by atoms with E-state index in [1.54, 1.807) is 12.1 Å². The van der Waals surface area contributed by atoms with E-state index in [-0.39, 0.29) is 11.3 Å². The van der Waals surface area contributed by atoms with Crippen molar-refractivity contribution in [3.8, 4) is 16.9 Å². The van der Waals surface area contributed by atoms with Gasteiger partial charge in [0.15, 0.2) is 0 Å². The van der Waals surface area contributed by atoms with Crippen LogP contribution in [0, 0.1) is 0 Å². The molecule has 0 radical (unpaired) electrons. The van der Waals surface area contributed by atoms with Crippen LogP contribution < -0.4 is 4.74 Å². The van der Waals surface area contributed by atoms with Crippen LogP contribution in [-0.4, -0.2) is 11.3 Å². The van der Waals surface area contributed by atoms with Gasteiger partial charge in [-0.25, -0.2) is 0 Å². The lowest BCUT2D eigenvalue weighted by Crippen LogP contribution is -2.08.